The first-order chi connectivity index (χ1) is 12.4. The van der Waals surface area contributed by atoms with E-state index in [-0.39, 0.29) is 18.3 Å². The van der Waals surface area contributed by atoms with Crippen molar-refractivity contribution in [3.63, 3.8) is 0 Å². The Kier molecular flexibility index (Phi) is 7.56. The second kappa shape index (κ2) is 9.66. The fourth-order valence-electron chi connectivity index (χ4n) is 2.97. The average Bonchev–Trinajstić information content (AvgIpc) is 2.88. The van der Waals surface area contributed by atoms with Gasteiger partial charge in [-0.2, -0.15) is 0 Å². The SMILES string of the molecule is NC(=NCC(CO)Cc1ccc(OC(F)(F)F)cc1)N1CCCCCC1. The van der Waals surface area contributed by atoms with Crippen LogP contribution in [0.4, 0.5) is 13.2 Å². The molecule has 0 radical (unpaired) electrons. The minimum Gasteiger partial charge on any atom is -0.406 e. The Balaban J connectivity index is 1.89. The number of hydrogen-bond acceptors (Lipinski definition) is 3. The molecule has 2 rings (SSSR count). The molecule has 0 saturated carbocycles. The minimum absolute atomic E-state index is 0.0718. The van der Waals surface area contributed by atoms with Gasteiger partial charge in [-0.1, -0.05) is 25.0 Å². The van der Waals surface area contributed by atoms with Gasteiger partial charge in [-0.15, -0.1) is 13.2 Å². The van der Waals surface area contributed by atoms with E-state index in [1.54, 1.807) is 12.1 Å². The minimum atomic E-state index is -4.70. The monoisotopic (exact) mass is 373 g/mol. The number of halogens is 3. The van der Waals surface area contributed by atoms with Crippen LogP contribution in [0, 0.1) is 5.92 Å². The number of alkyl halides is 3. The van der Waals surface area contributed by atoms with Gasteiger partial charge in [0.15, 0.2) is 5.96 Å². The number of guanidine groups is 1. The van der Waals surface area contributed by atoms with Gasteiger partial charge in [-0.25, -0.2) is 0 Å². The van der Waals surface area contributed by atoms with Gasteiger partial charge in [0, 0.05) is 32.2 Å². The summed E-state index contributed by atoms with van der Waals surface area (Å²) in [7, 11) is 0. The molecule has 1 fully saturated rings. The first-order valence-electron chi connectivity index (χ1n) is 8.88. The summed E-state index contributed by atoms with van der Waals surface area (Å²) >= 11 is 0. The van der Waals surface area contributed by atoms with Crippen molar-refractivity contribution in [3.8, 4) is 5.75 Å². The highest BCUT2D eigenvalue weighted by Gasteiger charge is 2.30. The van der Waals surface area contributed by atoms with E-state index in [4.69, 9.17) is 5.73 Å². The summed E-state index contributed by atoms with van der Waals surface area (Å²) < 4.78 is 40.4. The highest BCUT2D eigenvalue weighted by Crippen LogP contribution is 2.23. The Morgan fingerprint density at radius 2 is 1.77 bits per heavy atom. The lowest BCUT2D eigenvalue weighted by molar-refractivity contribution is -0.274. The molecule has 0 spiro atoms. The van der Waals surface area contributed by atoms with Crippen molar-refractivity contribution < 1.29 is 23.0 Å². The molecule has 1 aliphatic heterocycles. The van der Waals surface area contributed by atoms with E-state index in [0.717, 1.165) is 31.5 Å². The maximum absolute atomic E-state index is 12.2. The van der Waals surface area contributed by atoms with Crippen LogP contribution in [-0.4, -0.2) is 48.6 Å². The molecule has 8 heteroatoms. The molecule has 0 aromatic heterocycles. The summed E-state index contributed by atoms with van der Waals surface area (Å²) in [5, 5.41) is 9.57. The standard InChI is InChI=1S/C18H26F3N3O2/c19-18(20,21)26-16-7-5-14(6-8-16)11-15(13-25)12-23-17(22)24-9-3-1-2-4-10-24/h5-8,15,25H,1-4,9-13H2,(H2,22,23). The first kappa shape index (κ1) is 20.4. The van der Waals surface area contributed by atoms with Gasteiger partial charge < -0.3 is 20.5 Å². The van der Waals surface area contributed by atoms with Gasteiger partial charge in [0.25, 0.3) is 0 Å². The molecule has 1 heterocycles. The number of aliphatic hydroxyl groups is 1. The number of hydrogen-bond donors (Lipinski definition) is 2. The summed E-state index contributed by atoms with van der Waals surface area (Å²) in [5.74, 6) is 0.0967. The number of nitrogens with two attached hydrogens (primary N) is 1. The fraction of sp³-hybridized carbons (Fsp3) is 0.611. The molecular formula is C18H26F3N3O2. The predicted molar refractivity (Wildman–Crippen MR) is 93.9 cm³/mol. The second-order valence-corrected chi connectivity index (χ2v) is 6.54. The van der Waals surface area contributed by atoms with Crippen LogP contribution in [0.25, 0.3) is 0 Å². The highest BCUT2D eigenvalue weighted by atomic mass is 19.4. The zero-order valence-electron chi connectivity index (χ0n) is 14.7. The number of rotatable bonds is 6. The Hall–Kier alpha value is -1.96. The smallest absolute Gasteiger partial charge is 0.406 e. The third-order valence-electron chi connectivity index (χ3n) is 4.38. The number of nitrogens with zero attached hydrogens (tertiary/aromatic N) is 2. The average molecular weight is 373 g/mol. The fourth-order valence-corrected chi connectivity index (χ4v) is 2.97. The Morgan fingerprint density at radius 1 is 1.15 bits per heavy atom. The van der Waals surface area contributed by atoms with Crippen molar-refractivity contribution in [1.29, 1.82) is 0 Å². The van der Waals surface area contributed by atoms with Crippen LogP contribution in [0.2, 0.25) is 0 Å². The zero-order chi connectivity index (χ0) is 19.0. The van der Waals surface area contributed by atoms with E-state index < -0.39 is 6.36 Å². The summed E-state index contributed by atoms with van der Waals surface area (Å²) in [6, 6.07) is 5.66. The number of aliphatic imine (C=N–C) groups is 1. The highest BCUT2D eigenvalue weighted by molar-refractivity contribution is 5.78. The van der Waals surface area contributed by atoms with Gasteiger partial charge >= 0.3 is 6.36 Å². The van der Waals surface area contributed by atoms with E-state index >= 15 is 0 Å². The maximum atomic E-state index is 12.2. The molecule has 0 bridgehead atoms. The van der Waals surface area contributed by atoms with Crippen molar-refractivity contribution in [2.45, 2.75) is 38.5 Å². The van der Waals surface area contributed by atoms with Crippen LogP contribution in [0.5, 0.6) is 5.75 Å². The number of benzene rings is 1. The van der Waals surface area contributed by atoms with Crippen molar-refractivity contribution in [2.75, 3.05) is 26.2 Å². The van der Waals surface area contributed by atoms with E-state index in [9.17, 15) is 18.3 Å². The van der Waals surface area contributed by atoms with Crippen LogP contribution in [0.3, 0.4) is 0 Å². The predicted octanol–water partition coefficient (Wildman–Crippen LogP) is 2.93. The molecule has 1 aromatic carbocycles. The molecule has 3 N–H and O–H groups in total. The lowest BCUT2D eigenvalue weighted by atomic mass is 10.0. The van der Waals surface area contributed by atoms with Crippen LogP contribution in [0.1, 0.15) is 31.2 Å². The lowest BCUT2D eigenvalue weighted by Gasteiger charge is -2.22. The van der Waals surface area contributed by atoms with Gasteiger partial charge in [-0.3, -0.25) is 4.99 Å². The van der Waals surface area contributed by atoms with Gasteiger partial charge in [0.2, 0.25) is 0 Å². The molecule has 1 saturated heterocycles. The second-order valence-electron chi connectivity index (χ2n) is 6.54. The summed E-state index contributed by atoms with van der Waals surface area (Å²) in [6.07, 6.45) is 0.417. The Bertz CT molecular complexity index is 568. The van der Waals surface area contributed by atoms with Crippen LogP contribution in [0.15, 0.2) is 29.3 Å². The van der Waals surface area contributed by atoms with Crippen molar-refractivity contribution >= 4 is 5.96 Å². The molecule has 0 aliphatic carbocycles. The third kappa shape index (κ3) is 7.11. The molecule has 1 aromatic rings. The van der Waals surface area contributed by atoms with E-state index in [2.05, 4.69) is 14.6 Å². The van der Waals surface area contributed by atoms with Crippen LogP contribution >= 0.6 is 0 Å². The summed E-state index contributed by atoms with van der Waals surface area (Å²) in [4.78, 5) is 6.48. The van der Waals surface area contributed by atoms with Gasteiger partial charge in [0.05, 0.1) is 0 Å². The quantitative estimate of drug-likeness (QED) is 0.594. The van der Waals surface area contributed by atoms with Crippen LogP contribution in [-0.2, 0) is 6.42 Å². The van der Waals surface area contributed by atoms with Crippen LogP contribution < -0.4 is 10.5 Å². The number of ether oxygens (including phenoxy) is 1. The molecule has 1 unspecified atom stereocenters. The van der Waals surface area contributed by atoms with Crippen molar-refractivity contribution in [1.82, 2.24) is 4.90 Å². The Morgan fingerprint density at radius 3 is 2.31 bits per heavy atom. The summed E-state index contributed by atoms with van der Waals surface area (Å²) in [6.45, 7) is 2.11. The maximum Gasteiger partial charge on any atom is 0.573 e. The summed E-state index contributed by atoms with van der Waals surface area (Å²) in [5.41, 5.74) is 6.87. The van der Waals surface area contributed by atoms with E-state index in [0.29, 0.717) is 18.9 Å². The van der Waals surface area contributed by atoms with E-state index in [1.807, 2.05) is 0 Å². The zero-order valence-corrected chi connectivity index (χ0v) is 14.7. The van der Waals surface area contributed by atoms with Crippen molar-refractivity contribution in [3.05, 3.63) is 29.8 Å². The first-order valence-corrected chi connectivity index (χ1v) is 8.88. The molecule has 1 aliphatic rings. The molecule has 146 valence electrons. The topological polar surface area (TPSA) is 71.1 Å². The van der Waals surface area contributed by atoms with Gasteiger partial charge in [-0.05, 0) is 37.0 Å². The number of likely N-dealkylation sites (tertiary alicyclic amines) is 1. The normalized spacial score (nSPS) is 17.7. The van der Waals surface area contributed by atoms with Crippen molar-refractivity contribution in [2.24, 2.45) is 16.6 Å². The van der Waals surface area contributed by atoms with E-state index in [1.165, 1.54) is 25.0 Å². The lowest BCUT2D eigenvalue weighted by Crippen LogP contribution is -2.38. The Labute approximate surface area is 151 Å². The largest absolute Gasteiger partial charge is 0.573 e. The molecule has 26 heavy (non-hydrogen) atoms. The number of aliphatic hydroxyl groups excluding tert-OH is 1. The molecule has 0 amide bonds. The van der Waals surface area contributed by atoms with Gasteiger partial charge in [0.1, 0.15) is 5.75 Å². The molecule has 1 atom stereocenters. The molecule has 5 nitrogen and oxygen atoms in total. The third-order valence-corrected chi connectivity index (χ3v) is 4.38. The molecular weight excluding hydrogens is 347 g/mol.